The molecular weight excluding hydrogens is 260 g/mol. The molecule has 1 atom stereocenters. The van der Waals surface area contributed by atoms with Gasteiger partial charge in [0.05, 0.1) is 12.2 Å². The number of carbonyl (C=O) groups excluding carboxylic acids is 2. The number of rotatable bonds is 6. The lowest BCUT2D eigenvalue weighted by molar-refractivity contribution is -0.129. The van der Waals surface area contributed by atoms with Crippen LogP contribution in [0.25, 0.3) is 0 Å². The van der Waals surface area contributed by atoms with Crippen LogP contribution < -0.4 is 11.1 Å². The topological polar surface area (TPSA) is 90.6 Å². The maximum atomic E-state index is 11.9. The van der Waals surface area contributed by atoms with E-state index in [2.05, 4.69) is 5.32 Å². The molecule has 0 aromatic heterocycles. The zero-order valence-corrected chi connectivity index (χ0v) is 11.9. The molecule has 0 spiro atoms. The maximum Gasteiger partial charge on any atom is 0.338 e. The van der Waals surface area contributed by atoms with E-state index in [4.69, 9.17) is 15.2 Å². The monoisotopic (exact) mass is 280 g/mol. The third-order valence-electron chi connectivity index (χ3n) is 2.77. The largest absolute Gasteiger partial charge is 0.449 e. The second kappa shape index (κ2) is 7.49. The summed E-state index contributed by atoms with van der Waals surface area (Å²) in [6.07, 6.45) is -0.873. The lowest BCUT2D eigenvalue weighted by atomic mass is 10.1. The van der Waals surface area contributed by atoms with E-state index in [0.29, 0.717) is 24.4 Å². The van der Waals surface area contributed by atoms with E-state index in [1.807, 2.05) is 6.92 Å². The average molecular weight is 280 g/mol. The Hall–Kier alpha value is -2.08. The Labute approximate surface area is 118 Å². The predicted molar refractivity (Wildman–Crippen MR) is 75.4 cm³/mol. The molecule has 0 fully saturated rings. The van der Waals surface area contributed by atoms with Crippen molar-refractivity contribution in [3.05, 3.63) is 29.3 Å². The number of ether oxygens (including phenoxy) is 2. The Balaban J connectivity index is 2.56. The summed E-state index contributed by atoms with van der Waals surface area (Å²) in [7, 11) is 1.54. The molecule has 0 saturated heterocycles. The molecule has 1 rings (SSSR count). The van der Waals surface area contributed by atoms with Crippen molar-refractivity contribution in [2.45, 2.75) is 20.0 Å². The summed E-state index contributed by atoms with van der Waals surface area (Å²) in [6.45, 7) is 4.13. The van der Waals surface area contributed by atoms with Crippen molar-refractivity contribution < 1.29 is 19.1 Å². The van der Waals surface area contributed by atoms with Crippen LogP contribution in [0.3, 0.4) is 0 Å². The molecule has 1 unspecified atom stereocenters. The normalized spacial score (nSPS) is 11.8. The van der Waals surface area contributed by atoms with E-state index in [-0.39, 0.29) is 5.91 Å². The summed E-state index contributed by atoms with van der Waals surface area (Å²) in [5.41, 5.74) is 7.45. The van der Waals surface area contributed by atoms with Crippen molar-refractivity contribution >= 4 is 17.6 Å². The fraction of sp³-hybridized carbons (Fsp3) is 0.429. The Morgan fingerprint density at radius 2 is 2.10 bits per heavy atom. The molecule has 1 aromatic carbocycles. The number of nitrogens with two attached hydrogens (primary N) is 1. The van der Waals surface area contributed by atoms with Gasteiger partial charge in [0.15, 0.2) is 6.10 Å². The summed E-state index contributed by atoms with van der Waals surface area (Å²) < 4.78 is 9.89. The quantitative estimate of drug-likeness (QED) is 0.459. The number of anilines is 1. The number of aryl methyl sites for hydroxylation is 1. The predicted octanol–water partition coefficient (Wildman–Crippen LogP) is 0.885. The average Bonchev–Trinajstić information content (AvgIpc) is 2.41. The van der Waals surface area contributed by atoms with Crippen molar-refractivity contribution in [1.29, 1.82) is 0 Å². The van der Waals surface area contributed by atoms with Crippen LogP contribution in [0.5, 0.6) is 0 Å². The molecule has 1 aromatic rings. The fourth-order valence-corrected chi connectivity index (χ4v) is 1.47. The highest BCUT2D eigenvalue weighted by molar-refractivity contribution is 5.93. The Bertz CT molecular complexity index is 488. The minimum atomic E-state index is -0.873. The third-order valence-corrected chi connectivity index (χ3v) is 2.77. The van der Waals surface area contributed by atoms with Crippen LogP contribution in [0.2, 0.25) is 0 Å². The molecule has 0 saturated carbocycles. The van der Waals surface area contributed by atoms with Gasteiger partial charge in [0.1, 0.15) is 0 Å². The van der Waals surface area contributed by atoms with Gasteiger partial charge in [-0.05, 0) is 31.5 Å². The molecule has 6 heteroatoms. The zero-order valence-electron chi connectivity index (χ0n) is 11.9. The van der Waals surface area contributed by atoms with Crippen LogP contribution in [-0.2, 0) is 14.3 Å². The number of benzene rings is 1. The second-order valence-electron chi connectivity index (χ2n) is 4.40. The van der Waals surface area contributed by atoms with E-state index in [1.165, 1.54) is 20.1 Å². The first kappa shape index (κ1) is 16.0. The van der Waals surface area contributed by atoms with E-state index in [9.17, 15) is 9.59 Å². The molecule has 0 bridgehead atoms. The third kappa shape index (κ3) is 4.55. The molecule has 0 aliphatic carbocycles. The van der Waals surface area contributed by atoms with Crippen molar-refractivity contribution in [3.8, 4) is 0 Å². The molecule has 6 nitrogen and oxygen atoms in total. The van der Waals surface area contributed by atoms with Crippen LogP contribution in [0.15, 0.2) is 18.2 Å². The lowest BCUT2D eigenvalue weighted by Crippen LogP contribution is -2.37. The number of hydrogen-bond acceptors (Lipinski definition) is 5. The molecule has 110 valence electrons. The summed E-state index contributed by atoms with van der Waals surface area (Å²) in [5.74, 6) is -0.943. The van der Waals surface area contributed by atoms with Crippen LogP contribution in [0, 0.1) is 6.92 Å². The highest BCUT2D eigenvalue weighted by Crippen LogP contribution is 2.14. The number of hydrogen-bond donors (Lipinski definition) is 2. The molecule has 3 N–H and O–H groups in total. The van der Waals surface area contributed by atoms with Gasteiger partial charge in [-0.3, -0.25) is 4.79 Å². The van der Waals surface area contributed by atoms with Crippen molar-refractivity contribution in [2.75, 3.05) is 26.0 Å². The highest BCUT2D eigenvalue weighted by Gasteiger charge is 2.18. The lowest BCUT2D eigenvalue weighted by Gasteiger charge is -2.13. The molecular formula is C14H20N2O4. The first-order chi connectivity index (χ1) is 9.45. The number of nitrogen functional groups attached to an aromatic ring is 1. The minimum Gasteiger partial charge on any atom is -0.449 e. The van der Waals surface area contributed by atoms with Gasteiger partial charge in [-0.15, -0.1) is 0 Å². The minimum absolute atomic E-state index is 0.324. The fourth-order valence-electron chi connectivity index (χ4n) is 1.47. The first-order valence-electron chi connectivity index (χ1n) is 6.29. The number of nitrogens with one attached hydrogen (secondary N) is 1. The van der Waals surface area contributed by atoms with Gasteiger partial charge in [0, 0.05) is 19.3 Å². The standard InChI is InChI=1S/C14H20N2O4/c1-9-4-5-11(8-12(9)15)14(18)20-10(2)13(17)16-6-7-19-3/h4-5,8,10H,6-7,15H2,1-3H3,(H,16,17). The van der Waals surface area contributed by atoms with E-state index < -0.39 is 12.1 Å². The summed E-state index contributed by atoms with van der Waals surface area (Å²) >= 11 is 0. The van der Waals surface area contributed by atoms with Gasteiger partial charge >= 0.3 is 5.97 Å². The van der Waals surface area contributed by atoms with Gasteiger partial charge in [-0.25, -0.2) is 4.79 Å². The first-order valence-corrected chi connectivity index (χ1v) is 6.29. The number of amides is 1. The van der Waals surface area contributed by atoms with E-state index in [1.54, 1.807) is 12.1 Å². The van der Waals surface area contributed by atoms with Crippen LogP contribution in [0.1, 0.15) is 22.8 Å². The van der Waals surface area contributed by atoms with Gasteiger partial charge in [-0.2, -0.15) is 0 Å². The summed E-state index contributed by atoms with van der Waals surface area (Å²) in [5, 5.41) is 2.59. The Morgan fingerprint density at radius 3 is 2.70 bits per heavy atom. The molecule has 1 amide bonds. The summed E-state index contributed by atoms with van der Waals surface area (Å²) in [6, 6.07) is 4.88. The van der Waals surface area contributed by atoms with Gasteiger partial charge in [0.2, 0.25) is 0 Å². The number of methoxy groups -OCH3 is 1. The zero-order chi connectivity index (χ0) is 15.1. The SMILES string of the molecule is COCCNC(=O)C(C)OC(=O)c1ccc(C)c(N)c1. The van der Waals surface area contributed by atoms with Gasteiger partial charge < -0.3 is 20.5 Å². The second-order valence-corrected chi connectivity index (χ2v) is 4.40. The van der Waals surface area contributed by atoms with Crippen molar-refractivity contribution in [1.82, 2.24) is 5.32 Å². The number of carbonyl (C=O) groups is 2. The molecule has 0 heterocycles. The number of esters is 1. The van der Waals surface area contributed by atoms with Crippen LogP contribution in [-0.4, -0.2) is 38.2 Å². The molecule has 0 aliphatic rings. The van der Waals surface area contributed by atoms with Crippen LogP contribution in [0.4, 0.5) is 5.69 Å². The van der Waals surface area contributed by atoms with E-state index >= 15 is 0 Å². The maximum absolute atomic E-state index is 11.9. The van der Waals surface area contributed by atoms with Gasteiger partial charge in [-0.1, -0.05) is 6.07 Å². The molecule has 20 heavy (non-hydrogen) atoms. The van der Waals surface area contributed by atoms with E-state index in [0.717, 1.165) is 5.56 Å². The molecule has 0 radical (unpaired) electrons. The highest BCUT2D eigenvalue weighted by atomic mass is 16.5. The van der Waals surface area contributed by atoms with Crippen molar-refractivity contribution in [3.63, 3.8) is 0 Å². The molecule has 0 aliphatic heterocycles. The summed E-state index contributed by atoms with van der Waals surface area (Å²) in [4.78, 5) is 23.5. The Kier molecular flexibility index (Phi) is 5.99. The van der Waals surface area contributed by atoms with Crippen LogP contribution >= 0.6 is 0 Å². The Morgan fingerprint density at radius 1 is 1.40 bits per heavy atom. The smallest absolute Gasteiger partial charge is 0.338 e. The van der Waals surface area contributed by atoms with Crippen molar-refractivity contribution in [2.24, 2.45) is 0 Å². The van der Waals surface area contributed by atoms with Gasteiger partial charge in [0.25, 0.3) is 5.91 Å².